The van der Waals surface area contributed by atoms with Crippen LogP contribution in [0.15, 0.2) is 73.8 Å². The zero-order valence-corrected chi connectivity index (χ0v) is 15.5. The molecule has 0 saturated carbocycles. The largest absolute Gasteiger partial charge is 0.483 e. The van der Waals surface area contributed by atoms with E-state index in [4.69, 9.17) is 4.74 Å². The highest BCUT2D eigenvalue weighted by Crippen LogP contribution is 2.26. The number of ether oxygens (including phenoxy) is 1. The molecular weight excluding hydrogens is 429 g/mol. The average Bonchev–Trinajstić information content (AvgIpc) is 3.14. The molecule has 0 fully saturated rings. The molecule has 0 aliphatic carbocycles. The third-order valence-electron chi connectivity index (χ3n) is 3.48. The van der Waals surface area contributed by atoms with Crippen molar-refractivity contribution in [1.82, 2.24) is 9.55 Å². The van der Waals surface area contributed by atoms with Crippen molar-refractivity contribution in [3.8, 4) is 5.75 Å². The van der Waals surface area contributed by atoms with E-state index < -0.39 is 0 Å². The van der Waals surface area contributed by atoms with Crippen LogP contribution in [-0.4, -0.2) is 22.1 Å². The Morgan fingerprint density at radius 1 is 1.24 bits per heavy atom. The minimum atomic E-state index is -0.218. The van der Waals surface area contributed by atoms with Gasteiger partial charge in [-0.15, -0.1) is 0 Å². The molecule has 3 rings (SSSR count). The first kappa shape index (κ1) is 17.2. The molecule has 126 valence electrons. The zero-order chi connectivity index (χ0) is 17.6. The fourth-order valence-corrected chi connectivity index (χ4v) is 2.84. The molecule has 0 saturated heterocycles. The lowest BCUT2D eigenvalue weighted by molar-refractivity contribution is -0.118. The Hall–Kier alpha value is -2.61. The number of benzene rings is 2. The highest BCUT2D eigenvalue weighted by molar-refractivity contribution is 14.1. The number of hydrogen-bond acceptors (Lipinski definition) is 3. The van der Waals surface area contributed by atoms with Crippen molar-refractivity contribution in [1.29, 1.82) is 0 Å². The van der Waals surface area contributed by atoms with E-state index in [2.05, 4.69) is 39.5 Å². The van der Waals surface area contributed by atoms with Crippen LogP contribution in [0.2, 0.25) is 0 Å². The topological polar surface area (TPSA) is 56.1 Å². The van der Waals surface area contributed by atoms with Crippen LogP contribution < -0.4 is 10.1 Å². The van der Waals surface area contributed by atoms with E-state index in [1.54, 1.807) is 17.1 Å². The number of hydrogen-bond donors (Lipinski definition) is 1. The lowest BCUT2D eigenvalue weighted by Gasteiger charge is -2.14. The molecule has 1 heterocycles. The number of anilines is 1. The predicted octanol–water partition coefficient (Wildman–Crippen LogP) is 4.02. The van der Waals surface area contributed by atoms with Gasteiger partial charge >= 0.3 is 0 Å². The van der Waals surface area contributed by atoms with Crippen LogP contribution in [0.25, 0.3) is 5.70 Å². The Kier molecular flexibility index (Phi) is 5.49. The number of carbonyl (C=O) groups is 1. The summed E-state index contributed by atoms with van der Waals surface area (Å²) < 4.78 is 8.57. The van der Waals surface area contributed by atoms with Crippen LogP contribution in [0.5, 0.6) is 5.75 Å². The summed E-state index contributed by atoms with van der Waals surface area (Å²) in [5, 5.41) is 2.82. The quantitative estimate of drug-likeness (QED) is 0.584. The maximum atomic E-state index is 12.1. The fourth-order valence-electron chi connectivity index (χ4n) is 2.30. The van der Waals surface area contributed by atoms with Crippen LogP contribution in [0.4, 0.5) is 5.69 Å². The van der Waals surface area contributed by atoms with Gasteiger partial charge in [0.05, 0.1) is 12.0 Å². The molecule has 0 bridgehead atoms. The van der Waals surface area contributed by atoms with Gasteiger partial charge in [-0.25, -0.2) is 4.98 Å². The maximum Gasteiger partial charge on any atom is 0.262 e. The highest BCUT2D eigenvalue weighted by Gasteiger charge is 2.10. The Morgan fingerprint density at radius 2 is 2.08 bits per heavy atom. The van der Waals surface area contributed by atoms with Gasteiger partial charge < -0.3 is 14.6 Å². The molecule has 1 amide bonds. The van der Waals surface area contributed by atoms with Gasteiger partial charge in [-0.1, -0.05) is 24.8 Å². The number of carbonyl (C=O) groups excluding carboxylic acids is 1. The second kappa shape index (κ2) is 7.98. The molecule has 0 spiro atoms. The average molecular weight is 445 g/mol. The molecule has 0 aliphatic heterocycles. The van der Waals surface area contributed by atoms with Crippen molar-refractivity contribution >= 4 is 39.9 Å². The van der Waals surface area contributed by atoms with E-state index in [1.807, 2.05) is 54.7 Å². The summed E-state index contributed by atoms with van der Waals surface area (Å²) in [5.74, 6) is 0.379. The minimum absolute atomic E-state index is 0.0836. The summed E-state index contributed by atoms with van der Waals surface area (Å²) in [4.78, 5) is 16.2. The van der Waals surface area contributed by atoms with E-state index in [9.17, 15) is 4.79 Å². The number of amides is 1. The van der Waals surface area contributed by atoms with Crippen molar-refractivity contribution in [3.63, 3.8) is 0 Å². The van der Waals surface area contributed by atoms with Crippen LogP contribution >= 0.6 is 22.6 Å². The number of rotatable bonds is 6. The smallest absolute Gasteiger partial charge is 0.262 e. The van der Waals surface area contributed by atoms with E-state index in [1.165, 1.54) is 0 Å². The summed E-state index contributed by atoms with van der Waals surface area (Å²) in [6.45, 7) is 3.99. The van der Waals surface area contributed by atoms with Gasteiger partial charge in [0.1, 0.15) is 5.75 Å². The molecule has 0 aliphatic rings. The van der Waals surface area contributed by atoms with Gasteiger partial charge in [0.15, 0.2) is 6.61 Å². The molecule has 25 heavy (non-hydrogen) atoms. The molecule has 1 N–H and O–H groups in total. The number of halogens is 1. The van der Waals surface area contributed by atoms with Crippen LogP contribution in [0.1, 0.15) is 5.56 Å². The van der Waals surface area contributed by atoms with Crippen LogP contribution in [0, 0.1) is 3.57 Å². The molecule has 5 nitrogen and oxygen atoms in total. The Morgan fingerprint density at radius 3 is 2.84 bits per heavy atom. The zero-order valence-electron chi connectivity index (χ0n) is 13.4. The van der Waals surface area contributed by atoms with Gasteiger partial charge in [-0.05, 0) is 52.9 Å². The van der Waals surface area contributed by atoms with Gasteiger partial charge in [0, 0.05) is 27.2 Å². The lowest BCUT2D eigenvalue weighted by Crippen LogP contribution is -2.20. The standard InChI is InChI=1S/C19H16IN3O2/c1-14(23-10-9-21-13-23)17-7-2-3-8-18(17)25-12-19(24)22-16-6-4-5-15(20)11-16/h2-11,13H,1,12H2,(H,22,24). The molecule has 2 aromatic carbocycles. The molecule has 0 atom stereocenters. The monoisotopic (exact) mass is 445 g/mol. The molecule has 1 aromatic heterocycles. The number of nitrogens with one attached hydrogen (secondary N) is 1. The summed E-state index contributed by atoms with van der Waals surface area (Å²) in [6, 6.07) is 15.1. The second-order valence-electron chi connectivity index (χ2n) is 5.26. The first-order valence-corrected chi connectivity index (χ1v) is 8.66. The van der Waals surface area contributed by atoms with E-state index in [-0.39, 0.29) is 12.5 Å². The van der Waals surface area contributed by atoms with Crippen LogP contribution in [-0.2, 0) is 4.79 Å². The van der Waals surface area contributed by atoms with E-state index >= 15 is 0 Å². The normalized spacial score (nSPS) is 10.3. The first-order valence-electron chi connectivity index (χ1n) is 7.58. The summed E-state index contributed by atoms with van der Waals surface area (Å²) >= 11 is 2.20. The predicted molar refractivity (Wildman–Crippen MR) is 106 cm³/mol. The van der Waals surface area contributed by atoms with Crippen molar-refractivity contribution in [2.75, 3.05) is 11.9 Å². The minimum Gasteiger partial charge on any atom is -0.483 e. The Balaban J connectivity index is 1.67. The van der Waals surface area contributed by atoms with Gasteiger partial charge in [0.2, 0.25) is 0 Å². The molecule has 3 aromatic rings. The number of nitrogens with zero attached hydrogens (tertiary/aromatic N) is 2. The van der Waals surface area contributed by atoms with Crippen molar-refractivity contribution < 1.29 is 9.53 Å². The van der Waals surface area contributed by atoms with Crippen molar-refractivity contribution in [3.05, 3.63) is 83.0 Å². The highest BCUT2D eigenvalue weighted by atomic mass is 127. The van der Waals surface area contributed by atoms with Crippen molar-refractivity contribution in [2.45, 2.75) is 0 Å². The Labute approximate surface area is 159 Å². The van der Waals surface area contributed by atoms with Gasteiger partial charge in [-0.3, -0.25) is 4.79 Å². The molecule has 0 radical (unpaired) electrons. The van der Waals surface area contributed by atoms with Gasteiger partial charge in [-0.2, -0.15) is 0 Å². The van der Waals surface area contributed by atoms with Crippen LogP contribution in [0.3, 0.4) is 0 Å². The SMILES string of the molecule is C=C(c1ccccc1OCC(=O)Nc1cccc(I)c1)n1ccnc1. The number of para-hydroxylation sites is 1. The Bertz CT molecular complexity index is 891. The number of imidazole rings is 1. The number of aromatic nitrogens is 2. The third-order valence-corrected chi connectivity index (χ3v) is 4.15. The van der Waals surface area contributed by atoms with Gasteiger partial charge in [0.25, 0.3) is 5.91 Å². The van der Waals surface area contributed by atoms with Crippen molar-refractivity contribution in [2.24, 2.45) is 0 Å². The van der Waals surface area contributed by atoms with E-state index in [0.29, 0.717) is 5.75 Å². The van der Waals surface area contributed by atoms with E-state index in [0.717, 1.165) is 20.5 Å². The third kappa shape index (κ3) is 4.48. The lowest BCUT2D eigenvalue weighted by atomic mass is 10.1. The fraction of sp³-hybridized carbons (Fsp3) is 0.0526. The first-order chi connectivity index (χ1) is 12.1. The molecule has 6 heteroatoms. The molecule has 0 unspecified atom stereocenters. The summed E-state index contributed by atoms with van der Waals surface area (Å²) in [7, 11) is 0. The summed E-state index contributed by atoms with van der Waals surface area (Å²) in [6.07, 6.45) is 5.16. The maximum absolute atomic E-state index is 12.1. The summed E-state index contributed by atoms with van der Waals surface area (Å²) in [5.41, 5.74) is 2.28. The second-order valence-corrected chi connectivity index (χ2v) is 6.51. The molecular formula is C19H16IN3O2.